The molecular formula is C22H26N2O5S. The molecule has 2 aromatic rings. The first-order chi connectivity index (χ1) is 14.4. The van der Waals surface area contributed by atoms with E-state index in [1.54, 1.807) is 18.2 Å². The number of carbonyl (C=O) groups excluding carboxylic acids is 2. The van der Waals surface area contributed by atoms with Crippen molar-refractivity contribution in [3.05, 3.63) is 39.8 Å². The lowest BCUT2D eigenvalue weighted by Gasteiger charge is -2.18. The smallest absolute Gasteiger partial charge is 0.251 e. The number of hydrogen-bond acceptors (Lipinski definition) is 6. The molecule has 30 heavy (non-hydrogen) atoms. The summed E-state index contributed by atoms with van der Waals surface area (Å²) >= 11 is 1.44. The highest BCUT2D eigenvalue weighted by Crippen LogP contribution is 2.40. The Bertz CT molecular complexity index is 971. The number of amides is 2. The van der Waals surface area contributed by atoms with Gasteiger partial charge in [-0.2, -0.15) is 0 Å². The number of nitrogens with two attached hydrogens (primary N) is 1. The normalized spacial score (nSPS) is 15.5. The van der Waals surface area contributed by atoms with E-state index in [-0.39, 0.29) is 5.91 Å². The first-order valence-electron chi connectivity index (χ1n) is 9.61. The summed E-state index contributed by atoms with van der Waals surface area (Å²) in [6.45, 7) is 2.19. The number of thiophene rings is 1. The molecule has 0 saturated carbocycles. The van der Waals surface area contributed by atoms with Crippen molar-refractivity contribution in [3.63, 3.8) is 0 Å². The summed E-state index contributed by atoms with van der Waals surface area (Å²) in [4.78, 5) is 25.7. The number of methoxy groups -OCH3 is 3. The van der Waals surface area contributed by atoms with Crippen molar-refractivity contribution in [2.45, 2.75) is 26.2 Å². The number of carbonyl (C=O) groups is 2. The minimum atomic E-state index is -0.508. The van der Waals surface area contributed by atoms with Gasteiger partial charge in [-0.1, -0.05) is 6.92 Å². The Balaban J connectivity index is 1.83. The molecule has 1 aromatic carbocycles. The van der Waals surface area contributed by atoms with E-state index in [1.807, 2.05) is 0 Å². The van der Waals surface area contributed by atoms with E-state index < -0.39 is 5.91 Å². The van der Waals surface area contributed by atoms with Crippen molar-refractivity contribution in [2.75, 3.05) is 26.6 Å². The maximum atomic E-state index is 12.5. The zero-order valence-electron chi connectivity index (χ0n) is 17.5. The summed E-state index contributed by atoms with van der Waals surface area (Å²) in [6, 6.07) is 3.48. The van der Waals surface area contributed by atoms with E-state index in [9.17, 15) is 9.59 Å². The molecule has 0 aliphatic heterocycles. The lowest BCUT2D eigenvalue weighted by molar-refractivity contribution is -0.111. The summed E-state index contributed by atoms with van der Waals surface area (Å²) in [5.41, 5.74) is 7.73. The average Bonchev–Trinajstić information content (AvgIpc) is 3.08. The quantitative estimate of drug-likeness (QED) is 0.653. The Morgan fingerprint density at radius 2 is 1.83 bits per heavy atom. The Morgan fingerprint density at radius 1 is 1.17 bits per heavy atom. The molecule has 0 saturated heterocycles. The Morgan fingerprint density at radius 3 is 2.40 bits per heavy atom. The number of benzene rings is 1. The molecule has 1 aliphatic carbocycles. The van der Waals surface area contributed by atoms with Crippen LogP contribution < -0.4 is 25.3 Å². The predicted octanol–water partition coefficient (Wildman–Crippen LogP) is 3.65. The summed E-state index contributed by atoms with van der Waals surface area (Å²) in [6.07, 6.45) is 5.75. The SMILES string of the molecule is COc1cc(/C=C/C(=O)Nc2sc3c(c2C(N)=O)CCC(C)C3)cc(OC)c1OC. The van der Waals surface area contributed by atoms with Gasteiger partial charge in [-0.15, -0.1) is 11.3 Å². The molecule has 0 radical (unpaired) electrons. The summed E-state index contributed by atoms with van der Waals surface area (Å²) < 4.78 is 16.0. The molecule has 7 nitrogen and oxygen atoms in total. The van der Waals surface area contributed by atoms with Crippen LogP contribution in [0.3, 0.4) is 0 Å². The second-order valence-corrected chi connectivity index (χ2v) is 8.31. The van der Waals surface area contributed by atoms with Gasteiger partial charge in [-0.05, 0) is 54.5 Å². The van der Waals surface area contributed by atoms with Gasteiger partial charge in [0, 0.05) is 11.0 Å². The van der Waals surface area contributed by atoms with Crippen molar-refractivity contribution >= 4 is 34.2 Å². The highest BCUT2D eigenvalue weighted by molar-refractivity contribution is 7.17. The second-order valence-electron chi connectivity index (χ2n) is 7.20. The molecular weight excluding hydrogens is 404 g/mol. The molecule has 1 unspecified atom stereocenters. The Labute approximate surface area is 179 Å². The first kappa shape index (κ1) is 21.7. The fourth-order valence-corrected chi connectivity index (χ4v) is 5.04. The highest BCUT2D eigenvalue weighted by Gasteiger charge is 2.27. The molecule has 1 aliphatic rings. The summed E-state index contributed by atoms with van der Waals surface area (Å²) in [7, 11) is 4.59. The molecule has 1 aromatic heterocycles. The Kier molecular flexibility index (Phi) is 6.66. The van der Waals surface area contributed by atoms with Gasteiger partial charge in [0.1, 0.15) is 5.00 Å². The fraction of sp³-hybridized carbons (Fsp3) is 0.364. The molecule has 1 heterocycles. The lowest BCUT2D eigenvalue weighted by atomic mass is 9.88. The topological polar surface area (TPSA) is 99.9 Å². The predicted molar refractivity (Wildman–Crippen MR) is 118 cm³/mol. The largest absolute Gasteiger partial charge is 0.493 e. The van der Waals surface area contributed by atoms with Crippen LogP contribution in [-0.2, 0) is 17.6 Å². The van der Waals surface area contributed by atoms with Crippen LogP contribution in [0, 0.1) is 5.92 Å². The van der Waals surface area contributed by atoms with E-state index in [4.69, 9.17) is 19.9 Å². The minimum absolute atomic E-state index is 0.349. The van der Waals surface area contributed by atoms with Crippen LogP contribution in [0.5, 0.6) is 17.2 Å². The number of hydrogen-bond donors (Lipinski definition) is 2. The van der Waals surface area contributed by atoms with Crippen LogP contribution in [0.25, 0.3) is 6.08 Å². The number of anilines is 1. The number of fused-ring (bicyclic) bond motifs is 1. The van der Waals surface area contributed by atoms with Crippen LogP contribution in [0.15, 0.2) is 18.2 Å². The van der Waals surface area contributed by atoms with Crippen LogP contribution >= 0.6 is 11.3 Å². The van der Waals surface area contributed by atoms with Crippen LogP contribution in [0.2, 0.25) is 0 Å². The lowest BCUT2D eigenvalue weighted by Crippen LogP contribution is -2.18. The van der Waals surface area contributed by atoms with Gasteiger partial charge < -0.3 is 25.3 Å². The van der Waals surface area contributed by atoms with Crippen molar-refractivity contribution in [3.8, 4) is 17.2 Å². The van der Waals surface area contributed by atoms with Crippen LogP contribution in [0.4, 0.5) is 5.00 Å². The molecule has 0 fully saturated rings. The van der Waals surface area contributed by atoms with E-state index >= 15 is 0 Å². The van der Waals surface area contributed by atoms with Gasteiger partial charge in [-0.3, -0.25) is 9.59 Å². The van der Waals surface area contributed by atoms with Crippen molar-refractivity contribution in [2.24, 2.45) is 11.7 Å². The first-order valence-corrected chi connectivity index (χ1v) is 10.4. The van der Waals surface area contributed by atoms with Crippen molar-refractivity contribution in [1.29, 1.82) is 0 Å². The molecule has 0 spiro atoms. The van der Waals surface area contributed by atoms with Gasteiger partial charge in [0.2, 0.25) is 11.7 Å². The number of nitrogens with one attached hydrogen (secondary N) is 1. The highest BCUT2D eigenvalue weighted by atomic mass is 32.1. The number of ether oxygens (including phenoxy) is 3. The van der Waals surface area contributed by atoms with E-state index in [2.05, 4.69) is 12.2 Å². The van der Waals surface area contributed by atoms with Crippen molar-refractivity contribution in [1.82, 2.24) is 0 Å². The molecule has 1 atom stereocenters. The Hall–Kier alpha value is -3.00. The third-order valence-electron chi connectivity index (χ3n) is 5.11. The molecule has 160 valence electrons. The van der Waals surface area contributed by atoms with Crippen LogP contribution in [0.1, 0.15) is 39.7 Å². The monoisotopic (exact) mass is 430 g/mol. The van der Waals surface area contributed by atoms with E-state index in [0.29, 0.717) is 39.3 Å². The van der Waals surface area contributed by atoms with Crippen molar-refractivity contribution < 1.29 is 23.8 Å². The maximum absolute atomic E-state index is 12.5. The maximum Gasteiger partial charge on any atom is 0.251 e. The zero-order valence-corrected chi connectivity index (χ0v) is 18.4. The zero-order chi connectivity index (χ0) is 21.8. The molecule has 2 amide bonds. The van der Waals surface area contributed by atoms with Gasteiger partial charge in [0.15, 0.2) is 11.5 Å². The van der Waals surface area contributed by atoms with E-state index in [0.717, 1.165) is 29.7 Å². The molecule has 0 bridgehead atoms. The summed E-state index contributed by atoms with van der Waals surface area (Å²) in [5.74, 6) is 1.16. The standard InChI is InChI=1S/C22H26N2O5S/c1-12-5-7-14-17(9-12)30-22(19(14)21(23)26)24-18(25)8-6-13-10-15(27-2)20(29-4)16(11-13)28-3/h6,8,10-12H,5,7,9H2,1-4H3,(H2,23,26)(H,24,25)/b8-6+. The molecule has 3 rings (SSSR count). The average molecular weight is 431 g/mol. The van der Waals surface area contributed by atoms with E-state index in [1.165, 1.54) is 38.7 Å². The van der Waals surface area contributed by atoms with Crippen LogP contribution in [-0.4, -0.2) is 33.1 Å². The second kappa shape index (κ2) is 9.21. The minimum Gasteiger partial charge on any atom is -0.493 e. The van der Waals surface area contributed by atoms with Gasteiger partial charge >= 0.3 is 0 Å². The summed E-state index contributed by atoms with van der Waals surface area (Å²) in [5, 5.41) is 3.33. The third kappa shape index (κ3) is 4.43. The number of primary amides is 1. The molecule has 3 N–H and O–H groups in total. The number of rotatable bonds is 7. The third-order valence-corrected chi connectivity index (χ3v) is 6.28. The fourth-order valence-electron chi connectivity index (χ4n) is 3.62. The van der Waals surface area contributed by atoms with Gasteiger partial charge in [0.05, 0.1) is 26.9 Å². The molecule has 8 heteroatoms. The van der Waals surface area contributed by atoms with Gasteiger partial charge in [0.25, 0.3) is 5.91 Å². The van der Waals surface area contributed by atoms with Gasteiger partial charge in [-0.25, -0.2) is 0 Å².